The van der Waals surface area contributed by atoms with E-state index in [1.807, 2.05) is 0 Å². The molecule has 4 nitrogen and oxygen atoms in total. The number of carbonyl (C=O) groups excluding carboxylic acids is 1. The highest BCUT2D eigenvalue weighted by molar-refractivity contribution is 5.87. The lowest BCUT2D eigenvalue weighted by atomic mass is 10.0. The van der Waals surface area contributed by atoms with Gasteiger partial charge in [-0.1, -0.05) is 12.1 Å². The van der Waals surface area contributed by atoms with E-state index in [-0.39, 0.29) is 11.3 Å². The Hall–Kier alpha value is -2.49. The van der Waals surface area contributed by atoms with Gasteiger partial charge in [-0.3, -0.25) is 4.79 Å². The van der Waals surface area contributed by atoms with Crippen LogP contribution in [-0.2, 0) is 0 Å². The van der Waals surface area contributed by atoms with Crippen LogP contribution in [0.3, 0.4) is 0 Å². The van der Waals surface area contributed by atoms with Gasteiger partial charge in [0.1, 0.15) is 17.2 Å². The van der Waals surface area contributed by atoms with Crippen molar-refractivity contribution >= 4 is 6.29 Å². The highest BCUT2D eigenvalue weighted by atomic mass is 16.5. The van der Waals surface area contributed by atoms with Gasteiger partial charge in [0.15, 0.2) is 6.29 Å². The van der Waals surface area contributed by atoms with E-state index in [0.717, 1.165) is 0 Å². The molecule has 0 aliphatic heterocycles. The second-order valence-electron chi connectivity index (χ2n) is 3.93. The summed E-state index contributed by atoms with van der Waals surface area (Å²) in [6, 6.07) is 10.3. The number of methoxy groups -OCH3 is 2. The zero-order valence-corrected chi connectivity index (χ0v) is 10.7. The monoisotopic (exact) mass is 258 g/mol. The molecule has 0 amide bonds. The summed E-state index contributed by atoms with van der Waals surface area (Å²) in [6.07, 6.45) is 0.620. The Bertz CT molecular complexity index is 605. The van der Waals surface area contributed by atoms with E-state index in [1.54, 1.807) is 50.6 Å². The molecule has 2 aromatic carbocycles. The molecule has 0 aliphatic carbocycles. The number of hydrogen-bond acceptors (Lipinski definition) is 4. The standard InChI is InChI=1S/C15H14O4/c1-18-11-6-7-12(14(8-11)19-2)13-5-3-4-10(9-16)15(13)17/h3-9,17H,1-2H3. The summed E-state index contributed by atoms with van der Waals surface area (Å²) >= 11 is 0. The molecule has 0 fully saturated rings. The lowest BCUT2D eigenvalue weighted by Gasteiger charge is -2.12. The third kappa shape index (κ3) is 2.38. The lowest BCUT2D eigenvalue weighted by Crippen LogP contribution is -1.92. The molecule has 0 aliphatic rings. The molecular formula is C15H14O4. The Morgan fingerprint density at radius 3 is 2.47 bits per heavy atom. The molecule has 0 atom stereocenters. The smallest absolute Gasteiger partial charge is 0.153 e. The topological polar surface area (TPSA) is 55.8 Å². The molecule has 0 saturated heterocycles. The van der Waals surface area contributed by atoms with Gasteiger partial charge >= 0.3 is 0 Å². The van der Waals surface area contributed by atoms with Gasteiger partial charge in [-0.05, 0) is 18.2 Å². The molecule has 4 heteroatoms. The van der Waals surface area contributed by atoms with Gasteiger partial charge in [-0.2, -0.15) is 0 Å². The Balaban J connectivity index is 2.61. The van der Waals surface area contributed by atoms with Crippen molar-refractivity contribution in [2.24, 2.45) is 0 Å². The first-order valence-corrected chi connectivity index (χ1v) is 5.70. The minimum Gasteiger partial charge on any atom is -0.507 e. The molecule has 0 spiro atoms. The fourth-order valence-electron chi connectivity index (χ4n) is 1.89. The van der Waals surface area contributed by atoms with E-state index in [4.69, 9.17) is 9.47 Å². The first-order valence-electron chi connectivity index (χ1n) is 5.70. The van der Waals surface area contributed by atoms with Crippen molar-refractivity contribution in [1.29, 1.82) is 0 Å². The van der Waals surface area contributed by atoms with Crippen LogP contribution < -0.4 is 9.47 Å². The van der Waals surface area contributed by atoms with Gasteiger partial charge < -0.3 is 14.6 Å². The van der Waals surface area contributed by atoms with Crippen molar-refractivity contribution in [3.05, 3.63) is 42.0 Å². The summed E-state index contributed by atoms with van der Waals surface area (Å²) in [5.41, 5.74) is 1.49. The zero-order chi connectivity index (χ0) is 13.8. The lowest BCUT2D eigenvalue weighted by molar-refractivity contribution is 0.112. The SMILES string of the molecule is COc1ccc(-c2cccc(C=O)c2O)c(OC)c1. The minimum atomic E-state index is -0.0547. The molecule has 0 saturated carbocycles. The summed E-state index contributed by atoms with van der Waals surface area (Å²) in [6.45, 7) is 0. The number of benzene rings is 2. The Kier molecular flexibility index (Phi) is 3.71. The molecular weight excluding hydrogens is 244 g/mol. The Morgan fingerprint density at radius 1 is 1.05 bits per heavy atom. The number of hydrogen-bond donors (Lipinski definition) is 1. The van der Waals surface area contributed by atoms with E-state index in [9.17, 15) is 9.90 Å². The fraction of sp³-hybridized carbons (Fsp3) is 0.133. The maximum Gasteiger partial charge on any atom is 0.153 e. The van der Waals surface area contributed by atoms with E-state index in [2.05, 4.69) is 0 Å². The molecule has 0 aromatic heterocycles. The maximum atomic E-state index is 10.9. The van der Waals surface area contributed by atoms with Crippen LogP contribution in [0.4, 0.5) is 0 Å². The fourth-order valence-corrected chi connectivity index (χ4v) is 1.89. The van der Waals surface area contributed by atoms with E-state index < -0.39 is 0 Å². The molecule has 0 heterocycles. The predicted molar refractivity (Wildman–Crippen MR) is 72.0 cm³/mol. The second kappa shape index (κ2) is 5.44. The quantitative estimate of drug-likeness (QED) is 0.857. The number of rotatable bonds is 4. The van der Waals surface area contributed by atoms with Gasteiger partial charge in [0.05, 0.1) is 19.8 Å². The molecule has 2 rings (SSSR count). The van der Waals surface area contributed by atoms with Gasteiger partial charge in [-0.15, -0.1) is 0 Å². The number of phenolic OH excluding ortho intramolecular Hbond substituents is 1. The normalized spacial score (nSPS) is 10.0. The molecule has 0 radical (unpaired) electrons. The van der Waals surface area contributed by atoms with Crippen LogP contribution >= 0.6 is 0 Å². The molecule has 19 heavy (non-hydrogen) atoms. The predicted octanol–water partition coefficient (Wildman–Crippen LogP) is 2.89. The molecule has 98 valence electrons. The van der Waals surface area contributed by atoms with E-state index >= 15 is 0 Å². The third-order valence-electron chi connectivity index (χ3n) is 2.89. The summed E-state index contributed by atoms with van der Waals surface area (Å²) in [4.78, 5) is 10.9. The molecule has 1 N–H and O–H groups in total. The van der Waals surface area contributed by atoms with Gasteiger partial charge in [0, 0.05) is 17.2 Å². The minimum absolute atomic E-state index is 0.0547. The summed E-state index contributed by atoms with van der Waals surface area (Å²) in [7, 11) is 3.11. The van der Waals surface area contributed by atoms with E-state index in [0.29, 0.717) is 28.9 Å². The number of carbonyl (C=O) groups is 1. The summed E-state index contributed by atoms with van der Waals surface area (Å²) in [5, 5.41) is 10.1. The summed E-state index contributed by atoms with van der Waals surface area (Å²) in [5.74, 6) is 1.17. The maximum absolute atomic E-state index is 10.9. The van der Waals surface area contributed by atoms with Crippen molar-refractivity contribution < 1.29 is 19.4 Å². The Labute approximate surface area is 111 Å². The number of ether oxygens (including phenoxy) is 2. The average molecular weight is 258 g/mol. The third-order valence-corrected chi connectivity index (χ3v) is 2.89. The van der Waals surface area contributed by atoms with Crippen molar-refractivity contribution in [2.75, 3.05) is 14.2 Å². The molecule has 0 bridgehead atoms. The Morgan fingerprint density at radius 2 is 1.84 bits per heavy atom. The number of aldehydes is 1. The second-order valence-corrected chi connectivity index (χ2v) is 3.93. The van der Waals surface area contributed by atoms with Crippen LogP contribution in [0.5, 0.6) is 17.2 Å². The van der Waals surface area contributed by atoms with Crippen LogP contribution in [0, 0.1) is 0 Å². The van der Waals surface area contributed by atoms with Gasteiger partial charge in [0.25, 0.3) is 0 Å². The van der Waals surface area contributed by atoms with Crippen LogP contribution in [-0.4, -0.2) is 25.6 Å². The van der Waals surface area contributed by atoms with Crippen LogP contribution in [0.25, 0.3) is 11.1 Å². The highest BCUT2D eigenvalue weighted by Crippen LogP contribution is 2.38. The first kappa shape index (κ1) is 13.0. The van der Waals surface area contributed by atoms with Crippen molar-refractivity contribution in [3.8, 4) is 28.4 Å². The number of para-hydroxylation sites is 1. The highest BCUT2D eigenvalue weighted by Gasteiger charge is 2.13. The average Bonchev–Trinajstić information content (AvgIpc) is 2.47. The van der Waals surface area contributed by atoms with Gasteiger partial charge in [-0.25, -0.2) is 0 Å². The van der Waals surface area contributed by atoms with Crippen LogP contribution in [0.1, 0.15) is 10.4 Å². The number of phenols is 1. The first-order chi connectivity index (χ1) is 9.21. The van der Waals surface area contributed by atoms with Crippen molar-refractivity contribution in [1.82, 2.24) is 0 Å². The zero-order valence-electron chi connectivity index (χ0n) is 10.7. The summed E-state index contributed by atoms with van der Waals surface area (Å²) < 4.78 is 10.4. The number of aromatic hydroxyl groups is 1. The largest absolute Gasteiger partial charge is 0.507 e. The van der Waals surface area contributed by atoms with Crippen molar-refractivity contribution in [2.45, 2.75) is 0 Å². The van der Waals surface area contributed by atoms with Gasteiger partial charge in [0.2, 0.25) is 0 Å². The van der Waals surface area contributed by atoms with Crippen molar-refractivity contribution in [3.63, 3.8) is 0 Å². The molecule has 2 aromatic rings. The van der Waals surface area contributed by atoms with E-state index in [1.165, 1.54) is 0 Å². The van der Waals surface area contributed by atoms with Crippen LogP contribution in [0.15, 0.2) is 36.4 Å². The molecule has 0 unspecified atom stereocenters. The van der Waals surface area contributed by atoms with Crippen LogP contribution in [0.2, 0.25) is 0 Å².